The van der Waals surface area contributed by atoms with Gasteiger partial charge in [-0.2, -0.15) is 0 Å². The number of rotatable bonds is 2. The normalized spacial score (nSPS) is 28.6. The number of carbonyl (C=O) groups is 1. The van der Waals surface area contributed by atoms with Gasteiger partial charge in [0.2, 0.25) is 0 Å². The molecule has 2 heterocycles. The minimum Gasteiger partial charge on any atom is -0.393 e. The smallest absolute Gasteiger partial charge is 0.274 e. The van der Waals surface area contributed by atoms with Gasteiger partial charge in [-0.1, -0.05) is 11.6 Å². The monoisotopic (exact) mass is 296 g/mol. The number of nitrogens with two attached hydrogens (primary N) is 1. The number of nitrogens with zero attached hydrogens (tertiary/aromatic N) is 2. The van der Waals surface area contributed by atoms with Crippen LogP contribution in [0.3, 0.4) is 0 Å². The topological polar surface area (TPSA) is 91.5 Å². The van der Waals surface area contributed by atoms with Crippen molar-refractivity contribution in [2.45, 2.75) is 18.9 Å². The first kappa shape index (κ1) is 13.6. The van der Waals surface area contributed by atoms with Gasteiger partial charge in [0.1, 0.15) is 11.5 Å². The predicted molar refractivity (Wildman–Crippen MR) is 75.2 cm³/mol. The number of aliphatic hydroxyl groups is 1. The van der Waals surface area contributed by atoms with Crippen molar-refractivity contribution in [2.75, 3.05) is 18.5 Å². The van der Waals surface area contributed by atoms with Crippen molar-refractivity contribution >= 4 is 23.3 Å². The number of carbonyl (C=O) groups excluding carboxylic acids is 1. The van der Waals surface area contributed by atoms with Gasteiger partial charge in [0, 0.05) is 19.0 Å². The van der Waals surface area contributed by atoms with Crippen molar-refractivity contribution in [3.05, 3.63) is 22.8 Å². The Morgan fingerprint density at radius 2 is 2.25 bits per heavy atom. The summed E-state index contributed by atoms with van der Waals surface area (Å²) in [6.45, 7) is 1.24. The van der Waals surface area contributed by atoms with E-state index in [1.165, 1.54) is 0 Å². The SMILES string of the molecule is NNc1ccc(Cl)c(C(=O)N2CC3CCC(O)C3C2)n1. The second-order valence-corrected chi connectivity index (χ2v) is 5.86. The molecule has 0 radical (unpaired) electrons. The highest BCUT2D eigenvalue weighted by Gasteiger charge is 2.43. The van der Waals surface area contributed by atoms with E-state index in [-0.39, 0.29) is 23.6 Å². The molecule has 2 fully saturated rings. The molecule has 0 bridgehead atoms. The summed E-state index contributed by atoms with van der Waals surface area (Å²) in [7, 11) is 0. The number of aromatic nitrogens is 1. The van der Waals surface area contributed by atoms with Crippen LogP contribution in [-0.4, -0.2) is 40.1 Å². The fraction of sp³-hybridized carbons (Fsp3) is 0.538. The van der Waals surface area contributed by atoms with E-state index in [4.69, 9.17) is 17.4 Å². The van der Waals surface area contributed by atoms with Gasteiger partial charge in [0.15, 0.2) is 0 Å². The molecule has 1 amide bonds. The number of likely N-dealkylation sites (tertiary alicyclic amines) is 1. The van der Waals surface area contributed by atoms with Crippen LogP contribution in [0.5, 0.6) is 0 Å². The number of amides is 1. The molecule has 108 valence electrons. The molecule has 20 heavy (non-hydrogen) atoms. The molecule has 3 unspecified atom stereocenters. The second kappa shape index (κ2) is 5.20. The molecule has 3 rings (SSSR count). The van der Waals surface area contributed by atoms with Gasteiger partial charge >= 0.3 is 0 Å². The zero-order valence-electron chi connectivity index (χ0n) is 10.9. The van der Waals surface area contributed by atoms with Gasteiger partial charge in [-0.25, -0.2) is 10.8 Å². The van der Waals surface area contributed by atoms with Crippen LogP contribution in [-0.2, 0) is 0 Å². The van der Waals surface area contributed by atoms with E-state index in [1.807, 2.05) is 0 Å². The lowest BCUT2D eigenvalue weighted by Crippen LogP contribution is -2.32. The lowest BCUT2D eigenvalue weighted by atomic mass is 10.00. The number of hydrogen-bond acceptors (Lipinski definition) is 5. The van der Waals surface area contributed by atoms with Crippen molar-refractivity contribution in [3.63, 3.8) is 0 Å². The Bertz CT molecular complexity index is 539. The van der Waals surface area contributed by atoms with E-state index in [0.29, 0.717) is 29.8 Å². The summed E-state index contributed by atoms with van der Waals surface area (Å²) in [5, 5.41) is 10.2. The van der Waals surface area contributed by atoms with Crippen molar-refractivity contribution in [2.24, 2.45) is 17.7 Å². The number of hydrogen-bond donors (Lipinski definition) is 3. The molecule has 1 aliphatic carbocycles. The Balaban J connectivity index is 1.80. The highest BCUT2D eigenvalue weighted by atomic mass is 35.5. The molecule has 0 spiro atoms. The standard InChI is InChI=1S/C13H17ClN4O2/c14-9-2-4-11(17-15)16-12(9)13(20)18-5-7-1-3-10(19)8(7)6-18/h2,4,7-8,10,19H,1,3,5-6,15H2,(H,16,17). The molecule has 1 saturated carbocycles. The van der Waals surface area contributed by atoms with Crippen LogP contribution in [0.2, 0.25) is 5.02 Å². The Hall–Kier alpha value is -1.37. The first-order chi connectivity index (χ1) is 9.60. The molecular formula is C13H17ClN4O2. The van der Waals surface area contributed by atoms with Gasteiger partial charge in [-0.05, 0) is 30.9 Å². The van der Waals surface area contributed by atoms with Crippen LogP contribution in [0.15, 0.2) is 12.1 Å². The number of nitrogens with one attached hydrogen (secondary N) is 1. The number of anilines is 1. The minimum absolute atomic E-state index is 0.188. The molecule has 1 saturated heterocycles. The fourth-order valence-electron chi connectivity index (χ4n) is 3.22. The number of hydrazine groups is 1. The maximum atomic E-state index is 12.5. The summed E-state index contributed by atoms with van der Waals surface area (Å²) in [6.07, 6.45) is 1.52. The highest BCUT2D eigenvalue weighted by molar-refractivity contribution is 6.33. The van der Waals surface area contributed by atoms with E-state index in [9.17, 15) is 9.90 Å². The summed E-state index contributed by atoms with van der Waals surface area (Å²) in [6, 6.07) is 3.21. The number of aliphatic hydroxyl groups excluding tert-OH is 1. The van der Waals surface area contributed by atoms with Gasteiger partial charge < -0.3 is 15.4 Å². The summed E-state index contributed by atoms with van der Waals surface area (Å²) >= 11 is 6.05. The minimum atomic E-state index is -0.293. The first-order valence-electron chi connectivity index (χ1n) is 6.70. The third kappa shape index (κ3) is 2.24. The van der Waals surface area contributed by atoms with E-state index >= 15 is 0 Å². The van der Waals surface area contributed by atoms with Crippen molar-refractivity contribution in [1.82, 2.24) is 9.88 Å². The van der Waals surface area contributed by atoms with E-state index in [0.717, 1.165) is 12.8 Å². The summed E-state index contributed by atoms with van der Waals surface area (Å²) < 4.78 is 0. The first-order valence-corrected chi connectivity index (χ1v) is 7.08. The van der Waals surface area contributed by atoms with Gasteiger partial charge in [-0.15, -0.1) is 0 Å². The summed E-state index contributed by atoms with van der Waals surface area (Å²) in [5.41, 5.74) is 2.61. The second-order valence-electron chi connectivity index (χ2n) is 5.45. The molecule has 3 atom stereocenters. The van der Waals surface area contributed by atoms with Crippen LogP contribution in [0.1, 0.15) is 23.3 Å². The third-order valence-corrected chi connectivity index (χ3v) is 4.61. The molecular weight excluding hydrogens is 280 g/mol. The molecule has 6 nitrogen and oxygen atoms in total. The molecule has 7 heteroatoms. The van der Waals surface area contributed by atoms with Gasteiger partial charge in [0.25, 0.3) is 5.91 Å². The van der Waals surface area contributed by atoms with Crippen molar-refractivity contribution in [3.8, 4) is 0 Å². The van der Waals surface area contributed by atoms with E-state index in [1.54, 1.807) is 17.0 Å². The predicted octanol–water partition coefficient (Wildman–Crippen LogP) is 0.863. The Labute approximate surface area is 121 Å². The molecule has 1 aliphatic heterocycles. The average molecular weight is 297 g/mol. The quantitative estimate of drug-likeness (QED) is 0.556. The fourth-order valence-corrected chi connectivity index (χ4v) is 3.41. The van der Waals surface area contributed by atoms with Crippen LogP contribution in [0, 0.1) is 11.8 Å². The summed E-state index contributed by atoms with van der Waals surface area (Å²) in [4.78, 5) is 18.4. The van der Waals surface area contributed by atoms with Crippen LogP contribution in [0.25, 0.3) is 0 Å². The molecule has 4 N–H and O–H groups in total. The number of fused-ring (bicyclic) bond motifs is 1. The van der Waals surface area contributed by atoms with Gasteiger partial charge in [-0.3, -0.25) is 4.79 Å². The van der Waals surface area contributed by atoms with Crippen molar-refractivity contribution in [1.29, 1.82) is 0 Å². The van der Waals surface area contributed by atoms with E-state index < -0.39 is 0 Å². The zero-order valence-corrected chi connectivity index (χ0v) is 11.7. The van der Waals surface area contributed by atoms with Crippen LogP contribution in [0.4, 0.5) is 5.82 Å². The van der Waals surface area contributed by atoms with E-state index in [2.05, 4.69) is 10.4 Å². The maximum Gasteiger partial charge on any atom is 0.274 e. The van der Waals surface area contributed by atoms with Crippen LogP contribution < -0.4 is 11.3 Å². The average Bonchev–Trinajstić information content (AvgIpc) is 3.01. The number of halogens is 1. The third-order valence-electron chi connectivity index (χ3n) is 4.30. The Kier molecular flexibility index (Phi) is 3.54. The van der Waals surface area contributed by atoms with Crippen molar-refractivity contribution < 1.29 is 9.90 Å². The number of nitrogen functional groups attached to an aromatic ring is 1. The Morgan fingerprint density at radius 3 is 2.95 bits per heavy atom. The zero-order chi connectivity index (χ0) is 14.3. The van der Waals surface area contributed by atoms with Gasteiger partial charge in [0.05, 0.1) is 11.1 Å². The highest BCUT2D eigenvalue weighted by Crippen LogP contribution is 2.38. The molecule has 1 aromatic heterocycles. The van der Waals surface area contributed by atoms with Crippen LogP contribution >= 0.6 is 11.6 Å². The lowest BCUT2D eigenvalue weighted by molar-refractivity contribution is 0.0747. The molecule has 2 aliphatic rings. The Morgan fingerprint density at radius 1 is 1.45 bits per heavy atom. The molecule has 1 aromatic rings. The maximum absolute atomic E-state index is 12.5. The molecule has 0 aromatic carbocycles. The number of pyridine rings is 1. The lowest BCUT2D eigenvalue weighted by Gasteiger charge is -2.18. The largest absolute Gasteiger partial charge is 0.393 e. The summed E-state index contributed by atoms with van der Waals surface area (Å²) in [5.74, 6) is 6.08.